The van der Waals surface area contributed by atoms with Gasteiger partial charge in [0, 0.05) is 37.8 Å². The Morgan fingerprint density at radius 3 is 2.62 bits per heavy atom. The molecule has 0 aliphatic heterocycles. The summed E-state index contributed by atoms with van der Waals surface area (Å²) in [7, 11) is -1.49. The van der Waals surface area contributed by atoms with Crippen LogP contribution < -0.4 is 10.6 Å². The molecule has 0 saturated heterocycles. The summed E-state index contributed by atoms with van der Waals surface area (Å²) in [6, 6.07) is 0. The number of halogens is 1. The molecule has 0 saturated carbocycles. The van der Waals surface area contributed by atoms with E-state index in [1.54, 1.807) is 25.3 Å². The highest BCUT2D eigenvalue weighted by Gasteiger charge is 2.13. The molecule has 0 aliphatic carbocycles. The molecule has 0 fully saturated rings. The lowest BCUT2D eigenvalue weighted by molar-refractivity contribution is 0.461. The van der Waals surface area contributed by atoms with Gasteiger partial charge in [-0.15, -0.1) is 35.3 Å². The molecule has 1 rings (SSSR count). The summed E-state index contributed by atoms with van der Waals surface area (Å²) in [5.74, 6) is 0.857. The van der Waals surface area contributed by atoms with Crippen LogP contribution in [-0.4, -0.2) is 56.1 Å². The standard InChI is InChI=1S/C14H27N5O2S2.HI/c1-5-15-14(18-11-13-17-10-12(3)22-13)16-8-7-9-19(4)23(20,21)6-2;/h10H,5-9,11H2,1-4H3,(H2,15,16,18);1H. The molecule has 0 unspecified atom stereocenters. The number of hydrogen-bond acceptors (Lipinski definition) is 5. The van der Waals surface area contributed by atoms with Gasteiger partial charge >= 0.3 is 0 Å². The first kappa shape index (κ1) is 23.5. The van der Waals surface area contributed by atoms with Crippen LogP contribution in [0.5, 0.6) is 0 Å². The van der Waals surface area contributed by atoms with Crippen LogP contribution in [0.2, 0.25) is 0 Å². The van der Waals surface area contributed by atoms with Crippen molar-refractivity contribution in [3.63, 3.8) is 0 Å². The fourth-order valence-corrected chi connectivity index (χ4v) is 3.39. The summed E-state index contributed by atoms with van der Waals surface area (Å²) in [5.41, 5.74) is 0. The number of aryl methyl sites for hydroxylation is 1. The van der Waals surface area contributed by atoms with E-state index in [0.29, 0.717) is 19.6 Å². The second-order valence-corrected chi connectivity index (χ2v) is 8.75. The Balaban J connectivity index is 0.00000529. The van der Waals surface area contributed by atoms with Crippen LogP contribution in [0, 0.1) is 6.92 Å². The quantitative estimate of drug-likeness (QED) is 0.239. The minimum absolute atomic E-state index is 0. The van der Waals surface area contributed by atoms with Crippen LogP contribution in [-0.2, 0) is 16.6 Å². The molecule has 0 atom stereocenters. The maximum Gasteiger partial charge on any atom is 0.213 e. The second-order valence-electron chi connectivity index (χ2n) is 5.06. The molecule has 7 nitrogen and oxygen atoms in total. The Morgan fingerprint density at radius 1 is 1.38 bits per heavy atom. The monoisotopic (exact) mass is 489 g/mol. The van der Waals surface area contributed by atoms with Crippen molar-refractivity contribution in [2.45, 2.75) is 33.7 Å². The van der Waals surface area contributed by atoms with Gasteiger partial charge < -0.3 is 10.6 Å². The molecule has 2 N–H and O–H groups in total. The summed E-state index contributed by atoms with van der Waals surface area (Å²) >= 11 is 1.64. The van der Waals surface area contributed by atoms with Gasteiger partial charge in [-0.2, -0.15) is 0 Å². The summed E-state index contributed by atoms with van der Waals surface area (Å²) in [6.45, 7) is 8.15. The fraction of sp³-hybridized carbons (Fsp3) is 0.714. The third-order valence-electron chi connectivity index (χ3n) is 3.17. The zero-order chi connectivity index (χ0) is 17.3. The third kappa shape index (κ3) is 8.58. The van der Waals surface area contributed by atoms with Crippen molar-refractivity contribution in [3.8, 4) is 0 Å². The minimum atomic E-state index is -3.10. The lowest BCUT2D eigenvalue weighted by Gasteiger charge is -2.16. The van der Waals surface area contributed by atoms with Gasteiger partial charge in [0.05, 0.1) is 12.3 Å². The smallest absolute Gasteiger partial charge is 0.213 e. The number of aliphatic imine (C=N–C) groups is 1. The molecule has 1 heterocycles. The SMILES string of the molecule is CCNC(=NCc1ncc(C)s1)NCCCN(C)S(=O)(=O)CC.I. The molecule has 0 radical (unpaired) electrons. The largest absolute Gasteiger partial charge is 0.357 e. The van der Waals surface area contributed by atoms with Gasteiger partial charge in [-0.3, -0.25) is 0 Å². The van der Waals surface area contributed by atoms with E-state index in [-0.39, 0.29) is 29.7 Å². The van der Waals surface area contributed by atoms with Gasteiger partial charge in [0.2, 0.25) is 10.0 Å². The highest BCUT2D eigenvalue weighted by molar-refractivity contribution is 14.0. The van der Waals surface area contributed by atoms with Gasteiger partial charge in [-0.1, -0.05) is 0 Å². The fourth-order valence-electron chi connectivity index (χ4n) is 1.83. The van der Waals surface area contributed by atoms with Crippen molar-refractivity contribution in [2.75, 3.05) is 32.4 Å². The highest BCUT2D eigenvalue weighted by Crippen LogP contribution is 2.11. The van der Waals surface area contributed by atoms with Crippen molar-refractivity contribution in [2.24, 2.45) is 4.99 Å². The number of rotatable bonds is 9. The lowest BCUT2D eigenvalue weighted by Crippen LogP contribution is -2.39. The molecule has 1 aromatic rings. The van der Waals surface area contributed by atoms with Crippen molar-refractivity contribution in [1.82, 2.24) is 19.9 Å². The molecule has 0 bridgehead atoms. The van der Waals surface area contributed by atoms with Crippen LogP contribution in [0.3, 0.4) is 0 Å². The minimum Gasteiger partial charge on any atom is -0.357 e. The van der Waals surface area contributed by atoms with Crippen LogP contribution in [0.25, 0.3) is 0 Å². The topological polar surface area (TPSA) is 86.7 Å². The zero-order valence-corrected chi connectivity index (χ0v) is 18.7. The van der Waals surface area contributed by atoms with Crippen LogP contribution in [0.4, 0.5) is 0 Å². The number of nitrogens with zero attached hydrogens (tertiary/aromatic N) is 3. The average molecular weight is 489 g/mol. The van der Waals surface area contributed by atoms with Crippen molar-refractivity contribution in [1.29, 1.82) is 0 Å². The van der Waals surface area contributed by atoms with E-state index in [2.05, 4.69) is 20.6 Å². The molecule has 0 spiro atoms. The summed E-state index contributed by atoms with van der Waals surface area (Å²) in [4.78, 5) is 9.95. The Bertz CT molecular complexity index is 604. The van der Waals surface area contributed by atoms with Gasteiger partial charge in [0.1, 0.15) is 5.01 Å². The average Bonchev–Trinajstić information content (AvgIpc) is 2.94. The maximum atomic E-state index is 11.7. The molecule has 1 aromatic heterocycles. The van der Waals surface area contributed by atoms with Crippen molar-refractivity contribution in [3.05, 3.63) is 16.1 Å². The first-order valence-electron chi connectivity index (χ1n) is 7.76. The molecule has 140 valence electrons. The second kappa shape index (κ2) is 12.0. The van der Waals surface area contributed by atoms with Crippen molar-refractivity contribution >= 4 is 51.3 Å². The Hall–Kier alpha value is -0.460. The molecular formula is C14H28IN5O2S2. The van der Waals surface area contributed by atoms with Gasteiger partial charge in [0.15, 0.2) is 5.96 Å². The maximum absolute atomic E-state index is 11.7. The summed E-state index contributed by atoms with van der Waals surface area (Å²) in [5, 5.41) is 7.37. The first-order chi connectivity index (χ1) is 10.9. The van der Waals surface area contributed by atoms with Gasteiger partial charge in [0.25, 0.3) is 0 Å². The predicted molar refractivity (Wildman–Crippen MR) is 112 cm³/mol. The van der Waals surface area contributed by atoms with E-state index in [1.165, 1.54) is 9.18 Å². The van der Waals surface area contributed by atoms with E-state index < -0.39 is 10.0 Å². The van der Waals surface area contributed by atoms with E-state index in [0.717, 1.165) is 23.9 Å². The Kier molecular flexibility index (Phi) is 11.8. The highest BCUT2D eigenvalue weighted by atomic mass is 127. The normalized spacial score (nSPS) is 12.1. The zero-order valence-electron chi connectivity index (χ0n) is 14.7. The van der Waals surface area contributed by atoms with Crippen LogP contribution in [0.1, 0.15) is 30.2 Å². The number of guanidine groups is 1. The lowest BCUT2D eigenvalue weighted by atomic mass is 10.4. The van der Waals surface area contributed by atoms with E-state index in [4.69, 9.17) is 0 Å². The van der Waals surface area contributed by atoms with E-state index >= 15 is 0 Å². The van der Waals surface area contributed by atoms with E-state index in [9.17, 15) is 8.42 Å². The molecule has 0 amide bonds. The van der Waals surface area contributed by atoms with Gasteiger partial charge in [-0.25, -0.2) is 22.7 Å². The number of thiazole rings is 1. The molecule has 0 aliphatic rings. The molecule has 0 aromatic carbocycles. The Morgan fingerprint density at radius 2 is 2.08 bits per heavy atom. The molecular weight excluding hydrogens is 461 g/mol. The first-order valence-corrected chi connectivity index (χ1v) is 10.2. The van der Waals surface area contributed by atoms with Crippen LogP contribution in [0.15, 0.2) is 11.2 Å². The number of nitrogens with one attached hydrogen (secondary N) is 2. The number of hydrogen-bond donors (Lipinski definition) is 2. The van der Waals surface area contributed by atoms with Gasteiger partial charge in [-0.05, 0) is 27.2 Å². The summed E-state index contributed by atoms with van der Waals surface area (Å²) < 4.78 is 24.7. The molecule has 24 heavy (non-hydrogen) atoms. The Labute approximate surface area is 166 Å². The predicted octanol–water partition coefficient (Wildman–Crippen LogP) is 1.80. The number of aromatic nitrogens is 1. The van der Waals surface area contributed by atoms with Crippen LogP contribution >= 0.6 is 35.3 Å². The molecule has 10 heteroatoms. The van der Waals surface area contributed by atoms with Crippen molar-refractivity contribution < 1.29 is 8.42 Å². The number of sulfonamides is 1. The summed E-state index contributed by atoms with van der Waals surface area (Å²) in [6.07, 6.45) is 2.57. The van der Waals surface area contributed by atoms with E-state index in [1.807, 2.05) is 20.0 Å². The third-order valence-corrected chi connectivity index (χ3v) is 5.93.